The Kier molecular flexibility index (Phi) is 4.49. The van der Waals surface area contributed by atoms with Crippen LogP contribution in [0.15, 0.2) is 0 Å². The van der Waals surface area contributed by atoms with Crippen molar-refractivity contribution >= 4 is 30.8 Å². The van der Waals surface area contributed by atoms with Crippen molar-refractivity contribution in [1.29, 1.82) is 0 Å². The first kappa shape index (κ1) is 15.3. The molecule has 0 radical (unpaired) electrons. The molecule has 1 spiro atoms. The largest absolute Gasteiger partial charge is 0.784 e. The van der Waals surface area contributed by atoms with Gasteiger partial charge in [0.15, 0.2) is 0 Å². The Balaban J connectivity index is 2.21. The third kappa shape index (κ3) is 3.53. The number of carbonyl (C=O) groups excluding carboxylic acids is 4. The zero-order chi connectivity index (χ0) is 15.5. The Labute approximate surface area is 121 Å². The van der Waals surface area contributed by atoms with Gasteiger partial charge in [0.1, 0.15) is 5.92 Å². The molecule has 21 heavy (non-hydrogen) atoms. The van der Waals surface area contributed by atoms with Gasteiger partial charge >= 0.3 is 6.96 Å². The van der Waals surface area contributed by atoms with E-state index >= 15 is 0 Å². The van der Waals surface area contributed by atoms with Crippen LogP contribution < -0.4 is 0 Å². The van der Waals surface area contributed by atoms with Crippen molar-refractivity contribution in [2.75, 3.05) is 0 Å². The molecule has 0 aliphatic carbocycles. The second-order valence-electron chi connectivity index (χ2n) is 4.98. The SMILES string of the molecule is CCCC1C(=O)O[B-]2(OC(=O)CCCCC(=O)O2)OC1=O. The van der Waals surface area contributed by atoms with E-state index in [0.717, 1.165) is 0 Å². The molecule has 2 heterocycles. The van der Waals surface area contributed by atoms with Gasteiger partial charge in [-0.15, -0.1) is 0 Å². The predicted octanol–water partition coefficient (Wildman–Crippen LogP) is 0.599. The van der Waals surface area contributed by atoms with Crippen molar-refractivity contribution in [1.82, 2.24) is 0 Å². The summed E-state index contributed by atoms with van der Waals surface area (Å²) in [4.78, 5) is 47.0. The molecule has 116 valence electrons. The van der Waals surface area contributed by atoms with E-state index in [4.69, 9.17) is 18.6 Å². The van der Waals surface area contributed by atoms with Crippen LogP contribution in [0.2, 0.25) is 0 Å². The first-order valence-electron chi connectivity index (χ1n) is 6.98. The molecule has 0 unspecified atom stereocenters. The van der Waals surface area contributed by atoms with Crippen molar-refractivity contribution in [3.63, 3.8) is 0 Å². The topological polar surface area (TPSA) is 105 Å². The van der Waals surface area contributed by atoms with Crippen LogP contribution in [0.5, 0.6) is 0 Å². The van der Waals surface area contributed by atoms with Crippen LogP contribution in [0.4, 0.5) is 0 Å². The minimum absolute atomic E-state index is 0.0215. The molecular formula is C12H16BO8-. The monoisotopic (exact) mass is 299 g/mol. The van der Waals surface area contributed by atoms with Crippen molar-refractivity contribution in [3.8, 4) is 0 Å². The summed E-state index contributed by atoms with van der Waals surface area (Å²) in [6.45, 7) is -1.69. The molecule has 2 fully saturated rings. The van der Waals surface area contributed by atoms with E-state index in [2.05, 4.69) is 0 Å². The molecule has 0 aromatic rings. The molecule has 0 atom stereocenters. The van der Waals surface area contributed by atoms with Gasteiger partial charge in [-0.3, -0.25) is 19.2 Å². The van der Waals surface area contributed by atoms with Crippen LogP contribution in [0, 0.1) is 5.92 Å². The molecule has 2 aliphatic rings. The number of hydrogen-bond acceptors (Lipinski definition) is 8. The Morgan fingerprint density at radius 1 is 0.905 bits per heavy atom. The van der Waals surface area contributed by atoms with Crippen molar-refractivity contribution in [2.45, 2.75) is 45.4 Å². The highest BCUT2D eigenvalue weighted by Gasteiger charge is 2.54. The second kappa shape index (κ2) is 6.15. The van der Waals surface area contributed by atoms with Crippen molar-refractivity contribution < 1.29 is 37.8 Å². The van der Waals surface area contributed by atoms with Crippen molar-refractivity contribution in [3.05, 3.63) is 0 Å². The van der Waals surface area contributed by atoms with Gasteiger partial charge in [-0.1, -0.05) is 13.3 Å². The fourth-order valence-electron chi connectivity index (χ4n) is 2.19. The number of hydrogen-bond donors (Lipinski definition) is 0. The average molecular weight is 299 g/mol. The van der Waals surface area contributed by atoms with Crippen LogP contribution in [-0.4, -0.2) is 30.8 Å². The quantitative estimate of drug-likeness (QED) is 0.539. The minimum atomic E-state index is -3.47. The van der Waals surface area contributed by atoms with Gasteiger partial charge in [-0.2, -0.15) is 0 Å². The average Bonchev–Trinajstić information content (AvgIpc) is 2.44. The molecule has 9 heteroatoms. The van der Waals surface area contributed by atoms with E-state index in [9.17, 15) is 19.2 Å². The molecule has 0 N–H and O–H groups in total. The Bertz CT molecular complexity index is 434. The van der Waals surface area contributed by atoms with E-state index < -0.39 is 36.8 Å². The smallest absolute Gasteiger partial charge is 0.585 e. The van der Waals surface area contributed by atoms with Gasteiger partial charge in [0.2, 0.25) is 0 Å². The van der Waals surface area contributed by atoms with Gasteiger partial charge in [-0.05, 0) is 19.3 Å². The molecule has 0 amide bonds. The maximum absolute atomic E-state index is 11.9. The second-order valence-corrected chi connectivity index (χ2v) is 4.98. The van der Waals surface area contributed by atoms with E-state index in [-0.39, 0.29) is 19.3 Å². The molecule has 2 aliphatic heterocycles. The normalized spacial score (nSPS) is 23.3. The lowest BCUT2D eigenvalue weighted by Gasteiger charge is -2.42. The summed E-state index contributed by atoms with van der Waals surface area (Å²) in [7, 11) is 0. The lowest BCUT2D eigenvalue weighted by atomic mass is 9.95. The molecule has 0 aromatic heterocycles. The summed E-state index contributed by atoms with van der Waals surface area (Å²) in [5.74, 6) is -4.41. The first-order chi connectivity index (χ1) is 9.96. The molecule has 0 saturated carbocycles. The third-order valence-corrected chi connectivity index (χ3v) is 3.23. The van der Waals surface area contributed by atoms with Gasteiger partial charge in [0, 0.05) is 12.8 Å². The summed E-state index contributed by atoms with van der Waals surface area (Å²) in [5.41, 5.74) is 0. The fourth-order valence-corrected chi connectivity index (χ4v) is 2.19. The van der Waals surface area contributed by atoms with Crippen LogP contribution in [-0.2, 0) is 37.8 Å². The maximum atomic E-state index is 11.9. The van der Waals surface area contributed by atoms with Crippen LogP contribution >= 0.6 is 0 Å². The van der Waals surface area contributed by atoms with E-state index in [1.807, 2.05) is 0 Å². The summed E-state index contributed by atoms with van der Waals surface area (Å²) < 4.78 is 19.4. The summed E-state index contributed by atoms with van der Waals surface area (Å²) in [6, 6.07) is 0. The van der Waals surface area contributed by atoms with Gasteiger partial charge in [-0.25, -0.2) is 0 Å². The molecule has 0 bridgehead atoms. The Morgan fingerprint density at radius 2 is 1.38 bits per heavy atom. The van der Waals surface area contributed by atoms with E-state index in [1.165, 1.54) is 0 Å². The third-order valence-electron chi connectivity index (χ3n) is 3.23. The Morgan fingerprint density at radius 3 is 1.81 bits per heavy atom. The molecule has 8 nitrogen and oxygen atoms in total. The van der Waals surface area contributed by atoms with E-state index in [1.54, 1.807) is 6.92 Å². The van der Waals surface area contributed by atoms with Crippen LogP contribution in [0.3, 0.4) is 0 Å². The van der Waals surface area contributed by atoms with E-state index in [0.29, 0.717) is 19.3 Å². The standard InChI is InChI=1S/C12H16BO8/c1-2-5-8-11(16)20-13(21-12(8)17)18-9(14)6-3-4-7-10(15)19-13/h8H,2-7H2,1H3/q-1. The highest BCUT2D eigenvalue weighted by atomic mass is 16.9. The summed E-state index contributed by atoms with van der Waals surface area (Å²) in [6.07, 6.45) is 1.71. The lowest BCUT2D eigenvalue weighted by Crippen LogP contribution is -2.59. The molecule has 0 aromatic carbocycles. The predicted molar refractivity (Wildman–Crippen MR) is 67.0 cm³/mol. The lowest BCUT2D eigenvalue weighted by molar-refractivity contribution is -0.177. The zero-order valence-corrected chi connectivity index (χ0v) is 11.7. The highest BCUT2D eigenvalue weighted by Crippen LogP contribution is 2.27. The Hall–Kier alpha value is -2.06. The maximum Gasteiger partial charge on any atom is 0.784 e. The zero-order valence-electron chi connectivity index (χ0n) is 11.7. The minimum Gasteiger partial charge on any atom is -0.585 e. The molecule has 2 rings (SSSR count). The number of carbonyl (C=O) groups is 4. The molecule has 2 saturated heterocycles. The fraction of sp³-hybridized carbons (Fsp3) is 0.667. The summed E-state index contributed by atoms with van der Waals surface area (Å²) in [5, 5.41) is 0. The van der Waals surface area contributed by atoms with Gasteiger partial charge in [0.25, 0.3) is 23.9 Å². The van der Waals surface area contributed by atoms with Crippen molar-refractivity contribution in [2.24, 2.45) is 5.92 Å². The van der Waals surface area contributed by atoms with Crippen LogP contribution in [0.25, 0.3) is 0 Å². The molecular weight excluding hydrogens is 283 g/mol. The van der Waals surface area contributed by atoms with Gasteiger partial charge in [0.05, 0.1) is 0 Å². The van der Waals surface area contributed by atoms with Crippen LogP contribution in [0.1, 0.15) is 45.4 Å². The number of rotatable bonds is 2. The first-order valence-corrected chi connectivity index (χ1v) is 6.98. The summed E-state index contributed by atoms with van der Waals surface area (Å²) >= 11 is 0. The van der Waals surface area contributed by atoms with Gasteiger partial charge < -0.3 is 18.6 Å². The highest BCUT2D eigenvalue weighted by molar-refractivity contribution is 6.62.